The van der Waals surface area contributed by atoms with E-state index in [0.717, 1.165) is 19.7 Å². The van der Waals surface area contributed by atoms with Crippen molar-refractivity contribution in [2.24, 2.45) is 4.99 Å². The minimum atomic E-state index is -4.54. The average Bonchev–Trinajstić information content (AvgIpc) is 2.49. The van der Waals surface area contributed by atoms with Crippen LogP contribution in [0.25, 0.3) is 0 Å². The van der Waals surface area contributed by atoms with Crippen LogP contribution in [0.3, 0.4) is 0 Å². The third-order valence-electron chi connectivity index (χ3n) is 3.47. The first kappa shape index (κ1) is 20.4. The van der Waals surface area contributed by atoms with Gasteiger partial charge in [0.05, 0.1) is 23.6 Å². The fourth-order valence-corrected chi connectivity index (χ4v) is 1.63. The van der Waals surface area contributed by atoms with Crippen LogP contribution < -0.4 is 5.46 Å². The molecule has 133 valence electrons. The highest BCUT2D eigenvalue weighted by Crippen LogP contribution is 2.29. The van der Waals surface area contributed by atoms with Gasteiger partial charge in [0.2, 0.25) is 0 Å². The molecule has 0 amide bonds. The van der Waals surface area contributed by atoms with E-state index in [1.807, 2.05) is 0 Å². The summed E-state index contributed by atoms with van der Waals surface area (Å²) in [6.07, 6.45) is -2.37. The quantitative estimate of drug-likeness (QED) is 0.433. The van der Waals surface area contributed by atoms with E-state index >= 15 is 0 Å². The molecule has 1 heterocycles. The predicted molar refractivity (Wildman–Crippen MR) is 88.1 cm³/mol. The lowest BCUT2D eigenvalue weighted by molar-refractivity contribution is -0.136. The van der Waals surface area contributed by atoms with Crippen molar-refractivity contribution in [2.75, 3.05) is 21.2 Å². The van der Waals surface area contributed by atoms with Crippen molar-refractivity contribution in [2.45, 2.75) is 38.7 Å². The summed E-state index contributed by atoms with van der Waals surface area (Å²) in [5.41, 5.74) is -1.81. The second-order valence-corrected chi connectivity index (χ2v) is 6.05. The maximum Gasteiger partial charge on any atom is 0.416 e. The molecule has 0 aliphatic carbocycles. The van der Waals surface area contributed by atoms with Gasteiger partial charge in [-0.25, -0.2) is 9.98 Å². The number of hydrogen-bond donors (Lipinski definition) is 0. The zero-order valence-electron chi connectivity index (χ0n) is 14.7. The minimum absolute atomic E-state index is 0.0299. The monoisotopic (exact) mass is 344 g/mol. The molecule has 0 bridgehead atoms. The third kappa shape index (κ3) is 5.79. The molecule has 0 aromatic carbocycles. The molecule has 0 spiro atoms. The van der Waals surface area contributed by atoms with Crippen molar-refractivity contribution in [1.82, 2.24) is 9.88 Å². The van der Waals surface area contributed by atoms with Gasteiger partial charge >= 0.3 is 13.7 Å². The van der Waals surface area contributed by atoms with E-state index in [9.17, 15) is 13.2 Å². The first-order chi connectivity index (χ1) is 11.0. The summed E-state index contributed by atoms with van der Waals surface area (Å²) < 4.78 is 50.5. The Balaban J connectivity index is 3.06. The second-order valence-electron chi connectivity index (χ2n) is 6.05. The zero-order chi connectivity index (χ0) is 18.5. The topological polar surface area (TPSA) is 47.0 Å². The van der Waals surface area contributed by atoms with Crippen molar-refractivity contribution in [3.63, 3.8) is 0 Å². The largest absolute Gasteiger partial charge is 0.427 e. The van der Waals surface area contributed by atoms with Crippen LogP contribution in [0.1, 0.15) is 26.3 Å². The van der Waals surface area contributed by atoms with Gasteiger partial charge in [-0.05, 0) is 32.3 Å². The first-order valence-corrected chi connectivity index (χ1v) is 7.29. The number of methoxy groups -OCH3 is 1. The molecule has 1 atom stereocenters. The van der Waals surface area contributed by atoms with E-state index < -0.39 is 17.3 Å². The molecule has 1 rings (SSSR count). The number of aromatic nitrogens is 1. The van der Waals surface area contributed by atoms with Gasteiger partial charge in [0, 0.05) is 27.4 Å². The molecule has 1 unspecified atom stereocenters. The number of alkyl halides is 3. The van der Waals surface area contributed by atoms with Crippen LogP contribution in [0.4, 0.5) is 19.0 Å². The average molecular weight is 344 g/mol. The van der Waals surface area contributed by atoms with E-state index in [2.05, 4.69) is 9.98 Å². The molecule has 1 aromatic rings. The molecule has 9 heteroatoms. The lowest BCUT2D eigenvalue weighted by Crippen LogP contribution is -2.42. The molecule has 0 saturated heterocycles. The van der Waals surface area contributed by atoms with Crippen LogP contribution in [0.15, 0.2) is 17.3 Å². The van der Waals surface area contributed by atoms with Crippen molar-refractivity contribution in [3.8, 4) is 0 Å². The van der Waals surface area contributed by atoms with E-state index in [4.69, 9.17) is 9.39 Å². The summed E-state index contributed by atoms with van der Waals surface area (Å²) >= 11 is 0. The summed E-state index contributed by atoms with van der Waals surface area (Å²) in [6.45, 7) is 5.23. The Bertz CT molecular complexity index is 578. The van der Waals surface area contributed by atoms with E-state index in [1.54, 1.807) is 39.8 Å². The second kappa shape index (κ2) is 7.98. The molecule has 5 nitrogen and oxygen atoms in total. The molecule has 0 aliphatic heterocycles. The van der Waals surface area contributed by atoms with Gasteiger partial charge in [-0.2, -0.15) is 13.2 Å². The molecule has 0 fully saturated rings. The smallest absolute Gasteiger partial charge is 0.416 e. The van der Waals surface area contributed by atoms with E-state index in [1.165, 1.54) is 13.4 Å². The van der Waals surface area contributed by atoms with Gasteiger partial charge in [-0.3, -0.25) is 0 Å². The normalized spacial score (nSPS) is 14.0. The lowest BCUT2D eigenvalue weighted by Gasteiger charge is -2.31. The molecular formula is C15H22BF3N3O2. The number of nitrogens with zero attached hydrogens (tertiary/aromatic N) is 3. The third-order valence-corrected chi connectivity index (χ3v) is 3.47. The Morgan fingerprint density at radius 3 is 2.46 bits per heavy atom. The van der Waals surface area contributed by atoms with Crippen molar-refractivity contribution < 1.29 is 22.6 Å². The van der Waals surface area contributed by atoms with Crippen LogP contribution in [0.5, 0.6) is 0 Å². The van der Waals surface area contributed by atoms with Crippen LogP contribution in [0, 0.1) is 0 Å². The lowest BCUT2D eigenvalue weighted by atomic mass is 9.83. The van der Waals surface area contributed by atoms with Crippen molar-refractivity contribution in [3.05, 3.63) is 17.8 Å². The standard InChI is InChI=1S/C15H22BF3N3O2/c1-10(23-6)14(2,3)24-16-12-8-20-13(21-9-22(4)5)7-11(12)15(17,18)19/h7-10H,1-6H3. The Morgan fingerprint density at radius 1 is 1.33 bits per heavy atom. The summed E-state index contributed by atoms with van der Waals surface area (Å²) in [6, 6.07) is 0.891. The Morgan fingerprint density at radius 2 is 1.96 bits per heavy atom. The fourth-order valence-electron chi connectivity index (χ4n) is 1.63. The van der Waals surface area contributed by atoms with E-state index in [0.29, 0.717) is 0 Å². The highest BCUT2D eigenvalue weighted by molar-refractivity contribution is 6.47. The molecule has 1 radical (unpaired) electrons. The Labute approximate surface area is 141 Å². The van der Waals surface area contributed by atoms with Gasteiger partial charge in [-0.15, -0.1) is 0 Å². The highest BCUT2D eigenvalue weighted by atomic mass is 19.4. The number of aliphatic imine (C=N–C) groups is 1. The molecule has 0 aliphatic rings. The number of rotatable bonds is 7. The van der Waals surface area contributed by atoms with Crippen molar-refractivity contribution >= 4 is 25.1 Å². The minimum Gasteiger partial charge on any atom is -0.427 e. The molecule has 0 N–H and O–H groups in total. The van der Waals surface area contributed by atoms with Gasteiger partial charge in [0.25, 0.3) is 0 Å². The molecular weight excluding hydrogens is 322 g/mol. The molecule has 24 heavy (non-hydrogen) atoms. The summed E-state index contributed by atoms with van der Waals surface area (Å²) in [5, 5.41) is 0. The van der Waals surface area contributed by atoms with Crippen LogP contribution in [-0.2, 0) is 15.6 Å². The van der Waals surface area contributed by atoms with E-state index in [-0.39, 0.29) is 17.4 Å². The summed E-state index contributed by atoms with van der Waals surface area (Å²) in [4.78, 5) is 9.41. The number of halogens is 3. The predicted octanol–water partition coefficient (Wildman–Crippen LogP) is 2.40. The molecule has 1 aromatic heterocycles. The number of ether oxygens (including phenoxy) is 1. The van der Waals surface area contributed by atoms with Gasteiger partial charge in [0.1, 0.15) is 0 Å². The highest BCUT2D eigenvalue weighted by Gasteiger charge is 2.35. The van der Waals surface area contributed by atoms with Crippen LogP contribution >= 0.6 is 0 Å². The summed E-state index contributed by atoms with van der Waals surface area (Å²) in [7, 11) is 5.99. The maximum absolute atomic E-state index is 13.3. The van der Waals surface area contributed by atoms with Crippen LogP contribution in [-0.4, -0.2) is 56.6 Å². The summed E-state index contributed by atoms with van der Waals surface area (Å²) in [5.74, 6) is -0.0299. The maximum atomic E-state index is 13.3. The fraction of sp³-hybridized carbons (Fsp3) is 0.600. The van der Waals surface area contributed by atoms with Gasteiger partial charge in [-0.1, -0.05) is 0 Å². The van der Waals surface area contributed by atoms with Gasteiger partial charge < -0.3 is 14.3 Å². The van der Waals surface area contributed by atoms with Crippen LogP contribution in [0.2, 0.25) is 0 Å². The Hall–Kier alpha value is -1.61. The Kier molecular flexibility index (Phi) is 6.80. The first-order valence-electron chi connectivity index (χ1n) is 7.29. The van der Waals surface area contributed by atoms with Gasteiger partial charge in [0.15, 0.2) is 5.82 Å². The zero-order valence-corrected chi connectivity index (χ0v) is 14.7. The molecule has 0 saturated carbocycles. The number of hydrogen-bond acceptors (Lipinski definition) is 4. The van der Waals surface area contributed by atoms with Crippen molar-refractivity contribution in [1.29, 1.82) is 0 Å². The SMILES string of the molecule is COC(C)C(C)(C)O[B]c1cnc(N=CN(C)C)cc1C(F)(F)F. The number of pyridine rings is 1.